The number of alkyl halides is 5. The van der Waals surface area contributed by atoms with Gasteiger partial charge in [0.15, 0.2) is 0 Å². The normalized spacial score (nSPS) is 19.8. The summed E-state index contributed by atoms with van der Waals surface area (Å²) in [5, 5.41) is 9.72. The number of hydrogen-bond donors (Lipinski definition) is 2. The van der Waals surface area contributed by atoms with Crippen LogP contribution in [0.1, 0.15) is 43.9 Å². The van der Waals surface area contributed by atoms with Crippen molar-refractivity contribution in [2.24, 2.45) is 5.41 Å². The van der Waals surface area contributed by atoms with E-state index in [1.807, 2.05) is 0 Å². The van der Waals surface area contributed by atoms with Crippen molar-refractivity contribution in [3.8, 4) is 5.88 Å². The van der Waals surface area contributed by atoms with Crippen molar-refractivity contribution in [2.45, 2.75) is 45.0 Å². The predicted molar refractivity (Wildman–Crippen MR) is 104 cm³/mol. The molecule has 0 saturated carbocycles. The van der Waals surface area contributed by atoms with E-state index in [1.54, 1.807) is 13.8 Å². The molecular weight excluding hydrogens is 437 g/mol. The molecule has 2 aromatic rings. The van der Waals surface area contributed by atoms with Crippen LogP contribution in [0.4, 0.5) is 22.0 Å². The van der Waals surface area contributed by atoms with Gasteiger partial charge in [-0.25, -0.2) is 9.67 Å². The predicted octanol–water partition coefficient (Wildman–Crippen LogP) is 3.36. The standard InChI is InChI=1S/C20H24F5N5O2/c1-19(2,11-32-16-14(20(23,24)25)4-3-6-27-16)17(31)29-15-5-7-26-9-13(15)12-8-28-30(10-12)18(21)22/h3-4,6,8,10,13,15,18,26H,5,7,9,11H2,1-2H3,(H,29,31). The number of amides is 1. The molecule has 2 N–H and O–H groups in total. The average molecular weight is 461 g/mol. The fourth-order valence-electron chi connectivity index (χ4n) is 3.43. The summed E-state index contributed by atoms with van der Waals surface area (Å²) in [6, 6.07) is 1.65. The Labute approximate surface area is 181 Å². The van der Waals surface area contributed by atoms with Crippen LogP contribution in [0.15, 0.2) is 30.7 Å². The van der Waals surface area contributed by atoms with Gasteiger partial charge in [0.05, 0.1) is 11.6 Å². The number of hydrogen-bond acceptors (Lipinski definition) is 5. The molecule has 176 valence electrons. The van der Waals surface area contributed by atoms with Crippen molar-refractivity contribution in [1.82, 2.24) is 25.4 Å². The fraction of sp³-hybridized carbons (Fsp3) is 0.550. The molecule has 2 unspecified atom stereocenters. The summed E-state index contributed by atoms with van der Waals surface area (Å²) in [5.41, 5.74) is -1.64. The highest BCUT2D eigenvalue weighted by molar-refractivity contribution is 5.82. The van der Waals surface area contributed by atoms with E-state index in [4.69, 9.17) is 4.74 Å². The summed E-state index contributed by atoms with van der Waals surface area (Å²) in [5.74, 6) is -1.32. The van der Waals surface area contributed by atoms with Crippen LogP contribution in [0.5, 0.6) is 5.88 Å². The Kier molecular flexibility index (Phi) is 7.01. The molecule has 2 aromatic heterocycles. The molecule has 12 heteroatoms. The van der Waals surface area contributed by atoms with E-state index in [0.29, 0.717) is 29.8 Å². The van der Waals surface area contributed by atoms with Crippen molar-refractivity contribution in [1.29, 1.82) is 0 Å². The minimum Gasteiger partial charge on any atom is -0.476 e. The zero-order valence-electron chi connectivity index (χ0n) is 17.5. The van der Waals surface area contributed by atoms with Crippen molar-refractivity contribution < 1.29 is 31.5 Å². The Morgan fingerprint density at radius 1 is 1.38 bits per heavy atom. The van der Waals surface area contributed by atoms with Crippen LogP contribution in [0, 0.1) is 5.41 Å². The third-order valence-corrected chi connectivity index (χ3v) is 5.31. The smallest absolute Gasteiger partial charge is 0.421 e. The topological polar surface area (TPSA) is 81.1 Å². The molecule has 0 aromatic carbocycles. The van der Waals surface area contributed by atoms with Crippen LogP contribution in [0.3, 0.4) is 0 Å². The minimum absolute atomic E-state index is 0.287. The largest absolute Gasteiger partial charge is 0.476 e. The minimum atomic E-state index is -4.64. The van der Waals surface area contributed by atoms with E-state index in [0.717, 1.165) is 12.1 Å². The number of piperidine rings is 1. The molecule has 2 atom stereocenters. The highest BCUT2D eigenvalue weighted by Crippen LogP contribution is 2.35. The van der Waals surface area contributed by atoms with Gasteiger partial charge in [-0.05, 0) is 44.5 Å². The molecule has 1 aliphatic rings. The second kappa shape index (κ2) is 9.39. The molecule has 32 heavy (non-hydrogen) atoms. The molecule has 1 saturated heterocycles. The Hall–Kier alpha value is -2.76. The maximum atomic E-state index is 13.1. The maximum Gasteiger partial charge on any atom is 0.421 e. The summed E-state index contributed by atoms with van der Waals surface area (Å²) >= 11 is 0. The van der Waals surface area contributed by atoms with Crippen LogP contribution < -0.4 is 15.4 Å². The second-order valence-electron chi connectivity index (χ2n) is 8.24. The number of nitrogens with one attached hydrogen (secondary N) is 2. The third kappa shape index (κ3) is 5.53. The molecule has 0 radical (unpaired) electrons. The molecule has 0 aliphatic carbocycles. The maximum absolute atomic E-state index is 13.1. The number of carbonyl (C=O) groups is 1. The molecule has 7 nitrogen and oxygen atoms in total. The summed E-state index contributed by atoms with van der Waals surface area (Å²) in [4.78, 5) is 16.6. The first kappa shape index (κ1) is 23.9. The number of ether oxygens (including phenoxy) is 1. The first-order chi connectivity index (χ1) is 15.0. The van der Waals surface area contributed by atoms with Crippen molar-refractivity contribution >= 4 is 5.91 Å². The Bertz CT molecular complexity index is 931. The van der Waals surface area contributed by atoms with E-state index in [9.17, 15) is 26.7 Å². The van der Waals surface area contributed by atoms with E-state index >= 15 is 0 Å². The third-order valence-electron chi connectivity index (χ3n) is 5.31. The van der Waals surface area contributed by atoms with Gasteiger partial charge in [-0.2, -0.15) is 27.1 Å². The van der Waals surface area contributed by atoms with Gasteiger partial charge < -0.3 is 15.4 Å². The van der Waals surface area contributed by atoms with Crippen molar-refractivity contribution in [3.05, 3.63) is 41.9 Å². The zero-order valence-corrected chi connectivity index (χ0v) is 17.5. The van der Waals surface area contributed by atoms with Gasteiger partial charge in [0.25, 0.3) is 0 Å². The van der Waals surface area contributed by atoms with E-state index in [-0.39, 0.29) is 18.6 Å². The first-order valence-electron chi connectivity index (χ1n) is 9.98. The van der Waals surface area contributed by atoms with Gasteiger partial charge in [-0.15, -0.1) is 0 Å². The quantitative estimate of drug-likeness (QED) is 0.619. The van der Waals surface area contributed by atoms with Gasteiger partial charge in [0.1, 0.15) is 12.2 Å². The highest BCUT2D eigenvalue weighted by Gasteiger charge is 2.38. The SMILES string of the molecule is CC(C)(COc1ncccc1C(F)(F)F)C(=O)NC1CCNCC1c1cnn(C(F)F)c1. The van der Waals surface area contributed by atoms with Crippen molar-refractivity contribution in [3.63, 3.8) is 0 Å². The second-order valence-corrected chi connectivity index (χ2v) is 8.24. The van der Waals surface area contributed by atoms with Crippen LogP contribution in [0.2, 0.25) is 0 Å². The lowest BCUT2D eigenvalue weighted by molar-refractivity contribution is -0.139. The molecule has 3 rings (SSSR count). The fourth-order valence-corrected chi connectivity index (χ4v) is 3.43. The molecule has 1 fully saturated rings. The molecule has 0 spiro atoms. The monoisotopic (exact) mass is 461 g/mol. The summed E-state index contributed by atoms with van der Waals surface area (Å²) in [6.45, 7) is 1.06. The van der Waals surface area contributed by atoms with Crippen LogP contribution >= 0.6 is 0 Å². The van der Waals surface area contributed by atoms with Gasteiger partial charge in [0, 0.05) is 30.9 Å². The Balaban J connectivity index is 1.68. The zero-order chi connectivity index (χ0) is 23.5. The summed E-state index contributed by atoms with van der Waals surface area (Å²) < 4.78 is 71.0. The summed E-state index contributed by atoms with van der Waals surface area (Å²) in [6.07, 6.45) is -0.323. The molecule has 0 bridgehead atoms. The Morgan fingerprint density at radius 2 is 2.12 bits per heavy atom. The number of halogens is 5. The average Bonchev–Trinajstić information content (AvgIpc) is 3.23. The molecule has 3 heterocycles. The number of nitrogens with zero attached hydrogens (tertiary/aromatic N) is 3. The number of aromatic nitrogens is 3. The molecule has 1 amide bonds. The highest BCUT2D eigenvalue weighted by atomic mass is 19.4. The van der Waals surface area contributed by atoms with Gasteiger partial charge in [0.2, 0.25) is 11.8 Å². The van der Waals surface area contributed by atoms with Crippen LogP contribution in [-0.2, 0) is 11.0 Å². The lowest BCUT2D eigenvalue weighted by atomic mass is 9.86. The van der Waals surface area contributed by atoms with E-state index in [2.05, 4.69) is 20.7 Å². The number of pyridine rings is 1. The van der Waals surface area contributed by atoms with E-state index in [1.165, 1.54) is 18.6 Å². The lowest BCUT2D eigenvalue weighted by Crippen LogP contribution is -2.52. The van der Waals surface area contributed by atoms with E-state index < -0.39 is 35.5 Å². The summed E-state index contributed by atoms with van der Waals surface area (Å²) in [7, 11) is 0. The van der Waals surface area contributed by atoms with Crippen LogP contribution in [-0.4, -0.2) is 46.4 Å². The Morgan fingerprint density at radius 3 is 2.78 bits per heavy atom. The van der Waals surface area contributed by atoms with Gasteiger partial charge >= 0.3 is 12.7 Å². The lowest BCUT2D eigenvalue weighted by Gasteiger charge is -2.35. The van der Waals surface area contributed by atoms with Crippen LogP contribution in [0.25, 0.3) is 0 Å². The number of rotatable bonds is 7. The van der Waals surface area contributed by atoms with Gasteiger partial charge in [-0.3, -0.25) is 4.79 Å². The van der Waals surface area contributed by atoms with Crippen molar-refractivity contribution in [2.75, 3.05) is 19.7 Å². The first-order valence-corrected chi connectivity index (χ1v) is 9.98. The molecular formula is C20H24F5N5O2. The number of carbonyl (C=O) groups excluding carboxylic acids is 1. The van der Waals surface area contributed by atoms with Gasteiger partial charge in [-0.1, -0.05) is 0 Å². The molecule has 1 aliphatic heterocycles.